The van der Waals surface area contributed by atoms with Gasteiger partial charge in [0.1, 0.15) is 5.69 Å². The van der Waals surface area contributed by atoms with Gasteiger partial charge in [-0.1, -0.05) is 42.5 Å². The Morgan fingerprint density at radius 2 is 1.46 bits per heavy atom. The molecule has 2 aliphatic rings. The van der Waals surface area contributed by atoms with Gasteiger partial charge < -0.3 is 9.47 Å². The first-order valence-corrected chi connectivity index (χ1v) is 9.66. The molecule has 2 aromatic carbocycles. The number of nitrogens with zero attached hydrogens (tertiary/aromatic N) is 4. The molecule has 0 saturated carbocycles. The fourth-order valence-corrected chi connectivity index (χ4v) is 3.27. The summed E-state index contributed by atoms with van der Waals surface area (Å²) < 4.78 is 2.17. The van der Waals surface area contributed by atoms with Gasteiger partial charge in [-0.05, 0) is 56.3 Å². The molecule has 2 aliphatic heterocycles. The molecule has 0 N–H and O–H groups in total. The highest BCUT2D eigenvalue weighted by Gasteiger charge is 2.13. The molecule has 4 nitrogen and oxygen atoms in total. The second-order valence-electron chi connectivity index (χ2n) is 7.68. The molecule has 0 saturated heterocycles. The Kier molecular flexibility index (Phi) is 4.97. The van der Waals surface area contributed by atoms with Gasteiger partial charge in [0, 0.05) is 31.0 Å². The van der Waals surface area contributed by atoms with Crippen molar-refractivity contribution in [2.45, 2.75) is 20.4 Å². The molecule has 28 heavy (non-hydrogen) atoms. The number of rotatable bonds is 5. The molecular weight excluding hydrogens is 344 g/mol. The maximum atomic E-state index is 4.75. The molecule has 0 aromatic heterocycles. The first kappa shape index (κ1) is 18.4. The van der Waals surface area contributed by atoms with E-state index in [4.69, 9.17) is 9.97 Å². The number of likely N-dealkylation sites (N-methyl/N-ethyl adjacent to an activating group) is 1. The normalized spacial score (nSPS) is 11.5. The van der Waals surface area contributed by atoms with E-state index in [1.165, 1.54) is 22.3 Å². The summed E-state index contributed by atoms with van der Waals surface area (Å²) in [5.41, 5.74) is 8.01. The van der Waals surface area contributed by atoms with Crippen LogP contribution in [0, 0.1) is 13.8 Å². The van der Waals surface area contributed by atoms with Crippen molar-refractivity contribution in [2.75, 3.05) is 20.6 Å². The van der Waals surface area contributed by atoms with Crippen molar-refractivity contribution in [3.05, 3.63) is 72.1 Å². The van der Waals surface area contributed by atoms with Crippen molar-refractivity contribution in [3.8, 4) is 33.9 Å². The Hall–Kier alpha value is -2.98. The molecule has 4 heteroatoms. The number of benzene rings is 2. The van der Waals surface area contributed by atoms with E-state index in [0.29, 0.717) is 0 Å². The van der Waals surface area contributed by atoms with Crippen molar-refractivity contribution >= 4 is 0 Å². The van der Waals surface area contributed by atoms with Crippen LogP contribution in [0.1, 0.15) is 11.1 Å². The average molecular weight is 371 g/mol. The van der Waals surface area contributed by atoms with Gasteiger partial charge in [0.15, 0.2) is 5.82 Å². The van der Waals surface area contributed by atoms with Crippen LogP contribution >= 0.6 is 0 Å². The molecule has 0 unspecified atom stereocenters. The van der Waals surface area contributed by atoms with Crippen molar-refractivity contribution in [2.24, 2.45) is 0 Å². The van der Waals surface area contributed by atoms with Crippen molar-refractivity contribution in [1.29, 1.82) is 0 Å². The quantitative estimate of drug-likeness (QED) is 0.501. The molecule has 0 amide bonds. The minimum atomic E-state index is 0.784. The van der Waals surface area contributed by atoms with Crippen LogP contribution in [-0.4, -0.2) is 40.1 Å². The lowest BCUT2D eigenvalue weighted by molar-refractivity contribution is 0.383. The van der Waals surface area contributed by atoms with Crippen molar-refractivity contribution in [3.63, 3.8) is 0 Å². The lowest BCUT2D eigenvalue weighted by Crippen LogP contribution is -2.18. The fraction of sp³-hybridized carbons (Fsp3) is 0.250. The molecule has 0 bridgehead atoms. The number of aryl methyl sites for hydroxylation is 2. The Morgan fingerprint density at radius 3 is 2.18 bits per heavy atom. The summed E-state index contributed by atoms with van der Waals surface area (Å²) in [6, 6.07) is 17.2. The standard InChI is InChI=1S/C24H26N4/c1-17-5-6-21(15-18(17)2)19-7-9-20(10-8-19)24-25-22-11-12-28(14-13-27(3)4)16-23(22)26-24/h5-12,15-16H,13-14H2,1-4H3. The van der Waals surface area contributed by atoms with Crippen LogP contribution < -0.4 is 0 Å². The first-order valence-electron chi connectivity index (χ1n) is 9.66. The van der Waals surface area contributed by atoms with Crippen LogP contribution in [0.4, 0.5) is 0 Å². The summed E-state index contributed by atoms with van der Waals surface area (Å²) in [7, 11) is 4.17. The van der Waals surface area contributed by atoms with Crippen LogP contribution in [0.2, 0.25) is 0 Å². The van der Waals surface area contributed by atoms with Crippen LogP contribution in [-0.2, 0) is 6.54 Å². The smallest absolute Gasteiger partial charge is 0.160 e. The van der Waals surface area contributed by atoms with Gasteiger partial charge >= 0.3 is 0 Å². The Bertz CT molecular complexity index is 1060. The third-order valence-electron chi connectivity index (χ3n) is 5.22. The molecular formula is C24H26N4. The van der Waals surface area contributed by atoms with Gasteiger partial charge in [0.25, 0.3) is 0 Å². The predicted octanol–water partition coefficient (Wildman–Crippen LogP) is 4.90. The van der Waals surface area contributed by atoms with Gasteiger partial charge in [-0.3, -0.25) is 0 Å². The number of imidazole rings is 1. The zero-order chi connectivity index (χ0) is 19.7. The zero-order valence-corrected chi connectivity index (χ0v) is 17.0. The van der Waals surface area contributed by atoms with E-state index >= 15 is 0 Å². The maximum Gasteiger partial charge on any atom is 0.160 e. The SMILES string of the molecule is Cc1ccc(-c2ccc(-c3nc4ccn(CCN(C)C)cc-4n3)cc2)cc1C. The second-order valence-corrected chi connectivity index (χ2v) is 7.68. The topological polar surface area (TPSA) is 34.0 Å². The van der Waals surface area contributed by atoms with Crippen molar-refractivity contribution in [1.82, 2.24) is 19.4 Å². The molecule has 2 aromatic rings. The Labute approximate surface area is 166 Å². The zero-order valence-electron chi connectivity index (χ0n) is 17.0. The summed E-state index contributed by atoms with van der Waals surface area (Å²) in [5.74, 6) is 0.784. The summed E-state index contributed by atoms with van der Waals surface area (Å²) >= 11 is 0. The van der Waals surface area contributed by atoms with E-state index in [2.05, 4.69) is 92.3 Å². The van der Waals surface area contributed by atoms with E-state index in [9.17, 15) is 0 Å². The first-order chi connectivity index (χ1) is 13.5. The lowest BCUT2D eigenvalue weighted by Gasteiger charge is -2.12. The maximum absolute atomic E-state index is 4.75. The van der Waals surface area contributed by atoms with E-state index < -0.39 is 0 Å². The van der Waals surface area contributed by atoms with Crippen LogP contribution in [0.3, 0.4) is 0 Å². The number of hydrogen-bond acceptors (Lipinski definition) is 3. The number of aromatic nitrogens is 3. The van der Waals surface area contributed by atoms with Gasteiger partial charge in [-0.2, -0.15) is 0 Å². The van der Waals surface area contributed by atoms with Crippen LogP contribution in [0.15, 0.2) is 60.9 Å². The molecule has 2 heterocycles. The number of pyridine rings is 1. The second kappa shape index (κ2) is 7.56. The third-order valence-corrected chi connectivity index (χ3v) is 5.22. The van der Waals surface area contributed by atoms with Crippen LogP contribution in [0.25, 0.3) is 33.9 Å². The minimum Gasteiger partial charge on any atom is -0.351 e. The number of fused-ring (bicyclic) bond motifs is 1. The molecule has 0 atom stereocenters. The van der Waals surface area contributed by atoms with E-state index in [1.807, 2.05) is 6.07 Å². The summed E-state index contributed by atoms with van der Waals surface area (Å²) in [6.45, 7) is 6.23. The largest absolute Gasteiger partial charge is 0.351 e. The molecule has 0 radical (unpaired) electrons. The Balaban J connectivity index is 1.59. The van der Waals surface area contributed by atoms with Gasteiger partial charge in [-0.25, -0.2) is 9.97 Å². The molecule has 4 rings (SSSR count). The van der Waals surface area contributed by atoms with Gasteiger partial charge in [0.05, 0.1) is 5.69 Å². The van der Waals surface area contributed by atoms with Gasteiger partial charge in [0.2, 0.25) is 0 Å². The van der Waals surface area contributed by atoms with E-state index in [-0.39, 0.29) is 0 Å². The molecule has 0 spiro atoms. The molecule has 0 fully saturated rings. The van der Waals surface area contributed by atoms with Crippen LogP contribution in [0.5, 0.6) is 0 Å². The fourth-order valence-electron chi connectivity index (χ4n) is 3.27. The van der Waals surface area contributed by atoms with E-state index in [0.717, 1.165) is 35.9 Å². The summed E-state index contributed by atoms with van der Waals surface area (Å²) in [4.78, 5) is 11.6. The summed E-state index contributed by atoms with van der Waals surface area (Å²) in [6.07, 6.45) is 4.16. The van der Waals surface area contributed by atoms with Crippen molar-refractivity contribution < 1.29 is 0 Å². The monoisotopic (exact) mass is 370 g/mol. The highest BCUT2D eigenvalue weighted by atomic mass is 15.1. The minimum absolute atomic E-state index is 0.784. The average Bonchev–Trinajstić information content (AvgIpc) is 3.12. The molecule has 0 aliphatic carbocycles. The predicted molar refractivity (Wildman–Crippen MR) is 116 cm³/mol. The molecule has 142 valence electrons. The summed E-state index contributed by atoms with van der Waals surface area (Å²) in [5, 5.41) is 0. The third kappa shape index (κ3) is 3.82. The lowest BCUT2D eigenvalue weighted by atomic mass is 9.99. The van der Waals surface area contributed by atoms with Gasteiger partial charge in [-0.15, -0.1) is 0 Å². The van der Waals surface area contributed by atoms with E-state index in [1.54, 1.807) is 0 Å². The highest BCUT2D eigenvalue weighted by Crippen LogP contribution is 2.28. The number of hydrogen-bond donors (Lipinski definition) is 0. The highest BCUT2D eigenvalue weighted by molar-refractivity contribution is 5.71. The Morgan fingerprint density at radius 1 is 0.786 bits per heavy atom.